The zero-order valence-electron chi connectivity index (χ0n) is 11.9. The van der Waals surface area contributed by atoms with Gasteiger partial charge >= 0.3 is 0 Å². The molecule has 3 atom stereocenters. The summed E-state index contributed by atoms with van der Waals surface area (Å²) in [4.78, 5) is 0. The average molecular weight is 271 g/mol. The Morgan fingerprint density at radius 3 is 2.85 bits per heavy atom. The fourth-order valence-corrected chi connectivity index (χ4v) is 4.02. The summed E-state index contributed by atoms with van der Waals surface area (Å²) in [6, 6.07) is 10.2. The van der Waals surface area contributed by atoms with Crippen LogP contribution in [-0.4, -0.2) is 17.3 Å². The number of aliphatic hydroxyl groups is 1. The Bertz CT molecular complexity index is 550. The van der Waals surface area contributed by atoms with Gasteiger partial charge in [0.05, 0.1) is 18.3 Å². The van der Waals surface area contributed by atoms with Gasteiger partial charge in [-0.2, -0.15) is 5.26 Å². The average Bonchev–Trinajstić information content (AvgIpc) is 2.49. The predicted octanol–water partition coefficient (Wildman–Crippen LogP) is 3.17. The van der Waals surface area contributed by atoms with Crippen molar-refractivity contribution < 1.29 is 9.84 Å². The fourth-order valence-electron chi connectivity index (χ4n) is 4.02. The molecule has 1 aliphatic carbocycles. The van der Waals surface area contributed by atoms with Crippen LogP contribution >= 0.6 is 0 Å². The number of rotatable bonds is 1. The molecule has 3 unspecified atom stereocenters. The summed E-state index contributed by atoms with van der Waals surface area (Å²) in [6.07, 6.45) is 4.40. The van der Waals surface area contributed by atoms with E-state index in [0.717, 1.165) is 30.6 Å². The molecular weight excluding hydrogens is 250 g/mol. The van der Waals surface area contributed by atoms with E-state index in [1.165, 1.54) is 0 Å². The second kappa shape index (κ2) is 4.79. The number of nitriles is 1. The van der Waals surface area contributed by atoms with Gasteiger partial charge in [0.15, 0.2) is 0 Å². The van der Waals surface area contributed by atoms with E-state index in [1.54, 1.807) is 0 Å². The zero-order valence-corrected chi connectivity index (χ0v) is 11.9. The number of ether oxygens (including phenoxy) is 1. The van der Waals surface area contributed by atoms with E-state index in [0.29, 0.717) is 19.4 Å². The number of hydrogen-bond donors (Lipinski definition) is 1. The van der Waals surface area contributed by atoms with Gasteiger partial charge < -0.3 is 9.84 Å². The van der Waals surface area contributed by atoms with Gasteiger partial charge in [-0.15, -0.1) is 0 Å². The largest absolute Gasteiger partial charge is 0.493 e. The first-order valence-electron chi connectivity index (χ1n) is 7.50. The first-order chi connectivity index (χ1) is 9.64. The molecule has 3 rings (SSSR count). The summed E-state index contributed by atoms with van der Waals surface area (Å²) in [5, 5.41) is 21.3. The minimum absolute atomic E-state index is 0.141. The van der Waals surface area contributed by atoms with Crippen LogP contribution in [0.1, 0.15) is 44.6 Å². The van der Waals surface area contributed by atoms with Crippen molar-refractivity contribution in [2.75, 3.05) is 6.61 Å². The third-order valence-corrected chi connectivity index (χ3v) is 5.27. The van der Waals surface area contributed by atoms with Gasteiger partial charge in [-0.3, -0.25) is 0 Å². The minimum Gasteiger partial charge on any atom is -0.493 e. The van der Waals surface area contributed by atoms with Crippen LogP contribution in [0.5, 0.6) is 5.75 Å². The molecule has 1 aliphatic heterocycles. The van der Waals surface area contributed by atoms with Gasteiger partial charge in [-0.05, 0) is 24.8 Å². The van der Waals surface area contributed by atoms with Crippen molar-refractivity contribution in [3.05, 3.63) is 29.8 Å². The van der Waals surface area contributed by atoms with Gasteiger partial charge in [0, 0.05) is 12.0 Å². The molecule has 0 amide bonds. The van der Waals surface area contributed by atoms with Crippen LogP contribution in [0.15, 0.2) is 24.3 Å². The molecule has 1 N–H and O–H groups in total. The lowest BCUT2D eigenvalue weighted by Crippen LogP contribution is -2.58. The van der Waals surface area contributed by atoms with Crippen LogP contribution in [0.3, 0.4) is 0 Å². The molecule has 20 heavy (non-hydrogen) atoms. The molecule has 3 nitrogen and oxygen atoms in total. The van der Waals surface area contributed by atoms with Gasteiger partial charge in [-0.1, -0.05) is 38.0 Å². The minimum atomic E-state index is -0.945. The van der Waals surface area contributed by atoms with E-state index in [4.69, 9.17) is 4.74 Å². The number of nitrogens with zero attached hydrogens (tertiary/aromatic N) is 1. The first kappa shape index (κ1) is 13.5. The number of para-hydroxylation sites is 1. The summed E-state index contributed by atoms with van der Waals surface area (Å²) >= 11 is 0. The summed E-state index contributed by atoms with van der Waals surface area (Å²) < 4.78 is 5.69. The molecule has 1 heterocycles. The highest BCUT2D eigenvalue weighted by molar-refractivity contribution is 5.48. The molecule has 1 saturated carbocycles. The summed E-state index contributed by atoms with van der Waals surface area (Å²) in [5.41, 5.74) is -0.910. The number of fused-ring (bicyclic) bond motifs is 1. The highest BCUT2D eigenvalue weighted by Crippen LogP contribution is 2.52. The fraction of sp³-hybridized carbons (Fsp3) is 0.588. The Morgan fingerprint density at radius 1 is 1.30 bits per heavy atom. The number of hydrogen-bond acceptors (Lipinski definition) is 3. The highest BCUT2D eigenvalue weighted by Gasteiger charge is 2.57. The normalized spacial score (nSPS) is 36.5. The molecule has 1 fully saturated rings. The lowest BCUT2D eigenvalue weighted by Gasteiger charge is -2.50. The molecule has 106 valence electrons. The van der Waals surface area contributed by atoms with Gasteiger partial charge in [0.1, 0.15) is 11.2 Å². The van der Waals surface area contributed by atoms with Gasteiger partial charge in [0.2, 0.25) is 0 Å². The lowest BCUT2D eigenvalue weighted by atomic mass is 9.56. The highest BCUT2D eigenvalue weighted by atomic mass is 16.5. The molecule has 1 aromatic carbocycles. The van der Waals surface area contributed by atoms with Crippen molar-refractivity contribution in [2.24, 2.45) is 5.92 Å². The van der Waals surface area contributed by atoms with Crippen molar-refractivity contribution in [2.45, 2.75) is 50.0 Å². The van der Waals surface area contributed by atoms with Crippen LogP contribution in [0.25, 0.3) is 0 Å². The van der Waals surface area contributed by atoms with E-state index < -0.39 is 11.0 Å². The monoisotopic (exact) mass is 271 g/mol. The molecule has 0 spiro atoms. The summed E-state index contributed by atoms with van der Waals surface area (Å²) in [6.45, 7) is 2.58. The van der Waals surface area contributed by atoms with Crippen LogP contribution in [0, 0.1) is 17.2 Å². The van der Waals surface area contributed by atoms with E-state index in [9.17, 15) is 10.4 Å². The molecule has 0 radical (unpaired) electrons. The molecular formula is C17H21NO2. The Labute approximate surface area is 120 Å². The Morgan fingerprint density at radius 2 is 2.10 bits per heavy atom. The standard InChI is InChI=1S/C17H21NO2/c1-13-6-4-5-9-17(13,19)16(12-18)10-11-20-15-8-3-2-7-14(15)16/h2-3,7-8,13,19H,4-6,9-11H2,1H3. The second-order valence-electron chi connectivity index (χ2n) is 6.18. The van der Waals surface area contributed by atoms with E-state index >= 15 is 0 Å². The van der Waals surface area contributed by atoms with E-state index in [1.807, 2.05) is 24.3 Å². The van der Waals surface area contributed by atoms with Crippen molar-refractivity contribution >= 4 is 0 Å². The van der Waals surface area contributed by atoms with Crippen molar-refractivity contribution in [1.29, 1.82) is 5.26 Å². The maximum Gasteiger partial charge on any atom is 0.124 e. The van der Waals surface area contributed by atoms with Crippen molar-refractivity contribution in [3.63, 3.8) is 0 Å². The van der Waals surface area contributed by atoms with E-state index in [2.05, 4.69) is 13.0 Å². The van der Waals surface area contributed by atoms with Crippen LogP contribution in [0.2, 0.25) is 0 Å². The maximum atomic E-state index is 11.4. The Hall–Kier alpha value is -1.53. The summed E-state index contributed by atoms with van der Waals surface area (Å²) in [5.74, 6) is 0.897. The molecule has 2 aliphatic rings. The lowest BCUT2D eigenvalue weighted by molar-refractivity contribution is -0.0972. The van der Waals surface area contributed by atoms with E-state index in [-0.39, 0.29) is 5.92 Å². The van der Waals surface area contributed by atoms with Gasteiger partial charge in [-0.25, -0.2) is 0 Å². The van der Waals surface area contributed by atoms with Gasteiger partial charge in [0.25, 0.3) is 0 Å². The first-order valence-corrected chi connectivity index (χ1v) is 7.50. The Balaban J connectivity index is 2.16. The number of benzene rings is 1. The third kappa shape index (κ3) is 1.68. The quantitative estimate of drug-likeness (QED) is 0.853. The molecule has 1 aromatic rings. The summed E-state index contributed by atoms with van der Waals surface area (Å²) in [7, 11) is 0. The molecule has 3 heteroatoms. The van der Waals surface area contributed by atoms with Crippen molar-refractivity contribution in [1.82, 2.24) is 0 Å². The molecule has 0 saturated heterocycles. The smallest absolute Gasteiger partial charge is 0.124 e. The topological polar surface area (TPSA) is 53.2 Å². The van der Waals surface area contributed by atoms with Crippen LogP contribution in [-0.2, 0) is 5.41 Å². The third-order valence-electron chi connectivity index (χ3n) is 5.27. The molecule has 0 bridgehead atoms. The maximum absolute atomic E-state index is 11.4. The van der Waals surface area contributed by atoms with Crippen molar-refractivity contribution in [3.8, 4) is 11.8 Å². The predicted molar refractivity (Wildman–Crippen MR) is 76.4 cm³/mol. The Kier molecular flexibility index (Phi) is 3.22. The second-order valence-corrected chi connectivity index (χ2v) is 6.18. The molecule has 0 aromatic heterocycles. The van der Waals surface area contributed by atoms with Crippen LogP contribution in [0.4, 0.5) is 0 Å². The zero-order chi connectivity index (χ0) is 14.2. The van der Waals surface area contributed by atoms with Crippen LogP contribution < -0.4 is 4.74 Å². The SMILES string of the molecule is CC1CCCCC1(O)C1(C#N)CCOc2ccccc21.